The first-order valence-electron chi connectivity index (χ1n) is 18.2. The summed E-state index contributed by atoms with van der Waals surface area (Å²) in [6.07, 6.45) is 11.8. The van der Waals surface area contributed by atoms with Gasteiger partial charge in [-0.15, -0.1) is 0 Å². The van der Waals surface area contributed by atoms with Crippen LogP contribution in [0.2, 0.25) is 0 Å². The maximum atomic E-state index is 13.1. The molecular formula is C34H57N10O5P. The van der Waals surface area contributed by atoms with Gasteiger partial charge in [-0.25, -0.2) is 9.55 Å². The number of phosphoric acid groups is 1. The van der Waals surface area contributed by atoms with Gasteiger partial charge >= 0.3 is 7.82 Å². The third-order valence-corrected chi connectivity index (χ3v) is 11.1. The number of aromatic amines is 1. The van der Waals surface area contributed by atoms with E-state index < -0.39 is 20.0 Å². The zero-order valence-electron chi connectivity index (χ0n) is 29.9. The molecule has 1 aliphatic heterocycles. The van der Waals surface area contributed by atoms with Gasteiger partial charge in [0.15, 0.2) is 0 Å². The van der Waals surface area contributed by atoms with Crippen LogP contribution in [-0.4, -0.2) is 102 Å². The zero-order valence-corrected chi connectivity index (χ0v) is 30.8. The Hall–Kier alpha value is -3.04. The molecule has 3 heterocycles. The Morgan fingerprint density at radius 2 is 1.74 bits per heavy atom. The first-order valence-corrected chi connectivity index (χ1v) is 19.6. The van der Waals surface area contributed by atoms with Gasteiger partial charge in [-0.2, -0.15) is 4.98 Å². The molecule has 0 radical (unpaired) electrons. The number of aromatic nitrogens is 4. The second-order valence-electron chi connectivity index (χ2n) is 13.4. The lowest BCUT2D eigenvalue weighted by Gasteiger charge is -2.35. The number of benzene rings is 1. The molecule has 2 aliphatic rings. The first kappa shape index (κ1) is 38.2. The van der Waals surface area contributed by atoms with Crippen molar-refractivity contribution >= 4 is 36.4 Å². The molecule has 1 saturated carbocycles. The lowest BCUT2D eigenvalue weighted by Crippen LogP contribution is -2.53. The predicted octanol–water partition coefficient (Wildman–Crippen LogP) is 4.20. The van der Waals surface area contributed by atoms with Crippen molar-refractivity contribution in [1.82, 2.24) is 35.3 Å². The Morgan fingerprint density at radius 1 is 1.02 bits per heavy atom. The fourth-order valence-corrected chi connectivity index (χ4v) is 7.48. The molecule has 15 nitrogen and oxygen atoms in total. The van der Waals surface area contributed by atoms with Crippen LogP contribution in [0.5, 0.6) is 0 Å². The summed E-state index contributed by atoms with van der Waals surface area (Å²) in [6, 6.07) is 7.78. The van der Waals surface area contributed by atoms with E-state index in [-0.39, 0.29) is 11.9 Å². The highest BCUT2D eigenvalue weighted by Gasteiger charge is 2.35. The molecule has 2 aromatic heterocycles. The number of anilines is 2. The third kappa shape index (κ3) is 11.0. The maximum Gasteiger partial charge on any atom is 0.474 e. The van der Waals surface area contributed by atoms with Crippen molar-refractivity contribution in [2.75, 3.05) is 57.6 Å². The topological polar surface area (TPSA) is 186 Å². The molecule has 1 aliphatic carbocycles. The van der Waals surface area contributed by atoms with Gasteiger partial charge < -0.3 is 31.9 Å². The number of carbonyl (C=O) groups is 1. The number of nitrogens with one attached hydrogen (secondary N) is 5. The molecule has 1 aromatic carbocycles. The van der Waals surface area contributed by atoms with Crippen LogP contribution in [0.1, 0.15) is 70.4 Å². The SMILES string of the molecule is COP(=O)(OC)O[C@H](C)[C@H](N)C(=O)N1CCC(Nc2nc(NCc3cn(CCCNCCCNC4CCCCC4)[nH]3)nc3ccccc23)CC1. The third-order valence-electron chi connectivity index (χ3n) is 9.64. The number of carbonyl (C=O) groups excluding carboxylic acids is 1. The monoisotopic (exact) mass is 716 g/mol. The van der Waals surface area contributed by atoms with Gasteiger partial charge in [0.25, 0.3) is 0 Å². The van der Waals surface area contributed by atoms with Crippen LogP contribution in [0.3, 0.4) is 0 Å². The van der Waals surface area contributed by atoms with E-state index in [0.717, 1.165) is 61.1 Å². The minimum Gasteiger partial charge on any atom is -0.367 e. The predicted molar refractivity (Wildman–Crippen MR) is 196 cm³/mol. The summed E-state index contributed by atoms with van der Waals surface area (Å²) in [7, 11) is -1.32. The molecule has 7 N–H and O–H groups in total. The van der Waals surface area contributed by atoms with E-state index in [1.165, 1.54) is 52.7 Å². The molecule has 2 atom stereocenters. The molecule has 1 amide bonds. The molecule has 1 saturated heterocycles. The lowest BCUT2D eigenvalue weighted by atomic mass is 9.95. The fraction of sp³-hybridized carbons (Fsp3) is 0.676. The molecule has 278 valence electrons. The van der Waals surface area contributed by atoms with Crippen molar-refractivity contribution in [3.8, 4) is 0 Å². The minimum atomic E-state index is -3.76. The highest BCUT2D eigenvalue weighted by atomic mass is 31.2. The van der Waals surface area contributed by atoms with E-state index in [1.54, 1.807) is 11.8 Å². The number of piperidine rings is 1. The number of phosphoric ester groups is 1. The van der Waals surface area contributed by atoms with Gasteiger partial charge in [-0.05, 0) is 77.2 Å². The summed E-state index contributed by atoms with van der Waals surface area (Å²) >= 11 is 0. The van der Waals surface area contributed by atoms with Gasteiger partial charge in [-0.3, -0.25) is 28.1 Å². The Bertz CT molecular complexity index is 1500. The van der Waals surface area contributed by atoms with E-state index in [1.807, 2.05) is 24.3 Å². The number of fused-ring (bicyclic) bond motifs is 1. The molecule has 50 heavy (non-hydrogen) atoms. The van der Waals surface area contributed by atoms with Gasteiger partial charge in [0.2, 0.25) is 11.9 Å². The summed E-state index contributed by atoms with van der Waals surface area (Å²) in [5, 5.41) is 18.6. The molecule has 5 rings (SSSR count). The van der Waals surface area contributed by atoms with Crippen LogP contribution < -0.4 is 27.0 Å². The van der Waals surface area contributed by atoms with Crippen LogP contribution in [0.25, 0.3) is 10.9 Å². The van der Waals surface area contributed by atoms with Crippen molar-refractivity contribution in [2.24, 2.45) is 5.73 Å². The summed E-state index contributed by atoms with van der Waals surface area (Å²) in [4.78, 5) is 24.4. The van der Waals surface area contributed by atoms with Gasteiger partial charge in [-0.1, -0.05) is 31.4 Å². The van der Waals surface area contributed by atoms with Crippen molar-refractivity contribution in [2.45, 2.75) is 102 Å². The largest absolute Gasteiger partial charge is 0.474 e. The number of nitrogens with zero attached hydrogens (tertiary/aromatic N) is 4. The second kappa shape index (κ2) is 19.0. The average Bonchev–Trinajstić information content (AvgIpc) is 3.13. The number of para-hydroxylation sites is 1. The van der Waals surface area contributed by atoms with Crippen LogP contribution in [0.15, 0.2) is 30.5 Å². The van der Waals surface area contributed by atoms with Crippen LogP contribution in [0.4, 0.5) is 11.8 Å². The Morgan fingerprint density at radius 3 is 2.48 bits per heavy atom. The Labute approximate surface area is 295 Å². The molecule has 0 bridgehead atoms. The van der Waals surface area contributed by atoms with Crippen molar-refractivity contribution < 1.29 is 22.9 Å². The number of H-pyrrole nitrogens is 1. The average molecular weight is 717 g/mol. The summed E-state index contributed by atoms with van der Waals surface area (Å²) in [6.45, 7) is 7.32. The van der Waals surface area contributed by atoms with E-state index >= 15 is 0 Å². The number of aryl methyl sites for hydroxylation is 1. The smallest absolute Gasteiger partial charge is 0.367 e. The number of hydrogen-bond acceptors (Lipinski definition) is 12. The molecule has 3 aromatic rings. The van der Waals surface area contributed by atoms with E-state index in [4.69, 9.17) is 29.3 Å². The fourth-order valence-electron chi connectivity index (χ4n) is 6.62. The quantitative estimate of drug-likeness (QED) is 0.0725. The van der Waals surface area contributed by atoms with E-state index in [0.29, 0.717) is 38.4 Å². The van der Waals surface area contributed by atoms with Gasteiger partial charge in [0, 0.05) is 57.5 Å². The van der Waals surface area contributed by atoms with Crippen LogP contribution in [0, 0.1) is 0 Å². The van der Waals surface area contributed by atoms with Gasteiger partial charge in [0.1, 0.15) is 11.9 Å². The van der Waals surface area contributed by atoms with E-state index in [2.05, 4.69) is 37.2 Å². The lowest BCUT2D eigenvalue weighted by molar-refractivity contribution is -0.135. The molecule has 0 unspecified atom stereocenters. The summed E-state index contributed by atoms with van der Waals surface area (Å²) < 4.78 is 29.4. The number of rotatable bonds is 20. The second-order valence-corrected chi connectivity index (χ2v) is 15.2. The highest BCUT2D eigenvalue weighted by Crippen LogP contribution is 2.49. The number of hydrogen-bond donors (Lipinski definition) is 6. The van der Waals surface area contributed by atoms with Crippen molar-refractivity contribution in [3.05, 3.63) is 36.2 Å². The number of amides is 1. The molecule has 2 fully saturated rings. The Kier molecular flexibility index (Phi) is 14.5. The highest BCUT2D eigenvalue weighted by molar-refractivity contribution is 7.48. The number of nitrogens with two attached hydrogens (primary N) is 1. The van der Waals surface area contributed by atoms with Crippen LogP contribution in [-0.2, 0) is 36.0 Å². The first-order chi connectivity index (χ1) is 24.3. The van der Waals surface area contributed by atoms with Gasteiger partial charge in [0.05, 0.1) is 23.9 Å². The standard InChI is InChI=1S/C34H57N10O5P/c1-25(49-50(46,47-2)48-3)31(35)33(45)43-21-15-27(16-22-43)39-32-29-13-7-8-14-30(29)40-34(41-32)38-23-28-24-44(42-28)20-10-18-36-17-9-19-37-26-11-5-4-6-12-26/h7-8,13-14,24-27,31,36-37,42H,4-6,9-12,15-23,35H2,1-3H3,(H2,38,39,40,41)/t25-,31+/m1/s1. The van der Waals surface area contributed by atoms with Crippen molar-refractivity contribution in [3.63, 3.8) is 0 Å². The number of likely N-dealkylation sites (tertiary alicyclic amines) is 1. The molecular weight excluding hydrogens is 659 g/mol. The van der Waals surface area contributed by atoms with Crippen LogP contribution >= 0.6 is 7.82 Å². The summed E-state index contributed by atoms with van der Waals surface area (Å²) in [5.74, 6) is 1.04. The zero-order chi connectivity index (χ0) is 35.3. The summed E-state index contributed by atoms with van der Waals surface area (Å²) in [5.41, 5.74) is 8.11. The van der Waals surface area contributed by atoms with Crippen molar-refractivity contribution in [1.29, 1.82) is 0 Å². The van der Waals surface area contributed by atoms with E-state index in [9.17, 15) is 9.36 Å². The molecule has 16 heteroatoms. The maximum absolute atomic E-state index is 13.1. The normalized spacial score (nSPS) is 17.6. The Balaban J connectivity index is 1.03. The minimum absolute atomic E-state index is 0.106. The molecule has 0 spiro atoms.